The van der Waals surface area contributed by atoms with E-state index in [1.165, 1.54) is 17.3 Å². The van der Waals surface area contributed by atoms with Gasteiger partial charge >= 0.3 is 0 Å². The van der Waals surface area contributed by atoms with Gasteiger partial charge < -0.3 is 10.8 Å². The van der Waals surface area contributed by atoms with E-state index in [9.17, 15) is 5.11 Å². The molecule has 3 N–H and O–H groups in total. The van der Waals surface area contributed by atoms with Gasteiger partial charge in [0.05, 0.1) is 16.3 Å². The first kappa shape index (κ1) is 15.6. The van der Waals surface area contributed by atoms with Crippen molar-refractivity contribution < 1.29 is 5.11 Å². The molecule has 0 aliphatic carbocycles. The van der Waals surface area contributed by atoms with E-state index in [1.807, 2.05) is 43.3 Å². The van der Waals surface area contributed by atoms with Gasteiger partial charge in [-0.05, 0) is 43.7 Å². The molecule has 4 nitrogen and oxygen atoms in total. The molecule has 0 amide bonds. The molecule has 0 fully saturated rings. The molecule has 23 heavy (non-hydrogen) atoms. The molecule has 0 saturated carbocycles. The summed E-state index contributed by atoms with van der Waals surface area (Å²) in [6.07, 6.45) is 0. The maximum atomic E-state index is 10.6. The third kappa shape index (κ3) is 3.25. The van der Waals surface area contributed by atoms with Gasteiger partial charge in [-0.25, -0.2) is 0 Å². The highest BCUT2D eigenvalue weighted by atomic mass is 32.2. The molecule has 0 unspecified atom stereocenters. The van der Waals surface area contributed by atoms with Crippen LogP contribution in [-0.4, -0.2) is 14.9 Å². The minimum atomic E-state index is 0.161. The fourth-order valence-corrected chi connectivity index (χ4v) is 3.17. The van der Waals surface area contributed by atoms with Crippen LogP contribution in [0.25, 0.3) is 5.69 Å². The Hall–Kier alpha value is -2.24. The molecule has 5 heteroatoms. The molecule has 0 aliphatic rings. The van der Waals surface area contributed by atoms with Gasteiger partial charge in [0.25, 0.3) is 0 Å². The summed E-state index contributed by atoms with van der Waals surface area (Å²) < 4.78 is 1.56. The lowest BCUT2D eigenvalue weighted by atomic mass is 10.2. The van der Waals surface area contributed by atoms with Crippen LogP contribution in [0.5, 0.6) is 5.88 Å². The number of aryl methyl sites for hydroxylation is 2. The Labute approximate surface area is 140 Å². The Bertz CT molecular complexity index is 808. The average Bonchev–Trinajstić information content (AvgIpc) is 2.85. The second-order valence-electron chi connectivity index (χ2n) is 5.44. The van der Waals surface area contributed by atoms with Crippen molar-refractivity contribution in [3.05, 3.63) is 65.4 Å². The van der Waals surface area contributed by atoms with Gasteiger partial charge in [-0.3, -0.25) is 0 Å². The summed E-state index contributed by atoms with van der Waals surface area (Å²) in [4.78, 5) is 1.85. The normalized spacial score (nSPS) is 10.9. The van der Waals surface area contributed by atoms with Crippen LogP contribution in [0.2, 0.25) is 0 Å². The molecule has 118 valence electrons. The molecule has 1 heterocycles. The van der Waals surface area contributed by atoms with Gasteiger partial charge in [-0.15, -0.1) is 0 Å². The van der Waals surface area contributed by atoms with Crippen LogP contribution in [0, 0.1) is 13.8 Å². The lowest BCUT2D eigenvalue weighted by Crippen LogP contribution is -1.99. The minimum Gasteiger partial charge on any atom is -0.492 e. The first-order chi connectivity index (χ1) is 11.1. The number of aromatic hydroxyl groups is 1. The van der Waals surface area contributed by atoms with E-state index in [0.29, 0.717) is 6.54 Å². The van der Waals surface area contributed by atoms with Crippen LogP contribution in [0.15, 0.2) is 58.3 Å². The number of hydrogen-bond acceptors (Lipinski definition) is 4. The molecule has 0 atom stereocenters. The van der Waals surface area contributed by atoms with Crippen LogP contribution in [0.4, 0.5) is 0 Å². The zero-order chi connectivity index (χ0) is 16.4. The molecule has 0 bridgehead atoms. The summed E-state index contributed by atoms with van der Waals surface area (Å²) in [5.41, 5.74) is 9.50. The Kier molecular flexibility index (Phi) is 4.41. The Morgan fingerprint density at radius 2 is 1.70 bits per heavy atom. The van der Waals surface area contributed by atoms with Gasteiger partial charge in [-0.2, -0.15) is 9.78 Å². The third-order valence-electron chi connectivity index (χ3n) is 3.64. The molecule has 0 saturated heterocycles. The predicted molar refractivity (Wildman–Crippen MR) is 93.2 cm³/mol. The molecule has 3 rings (SSSR count). The molecule has 1 aromatic heterocycles. The van der Waals surface area contributed by atoms with Gasteiger partial charge in [0.1, 0.15) is 0 Å². The summed E-state index contributed by atoms with van der Waals surface area (Å²) in [6, 6.07) is 15.9. The second-order valence-corrected chi connectivity index (χ2v) is 6.52. The van der Waals surface area contributed by atoms with E-state index in [4.69, 9.17) is 5.73 Å². The maximum Gasteiger partial charge on any atom is 0.228 e. The van der Waals surface area contributed by atoms with Crippen LogP contribution in [0.1, 0.15) is 16.8 Å². The summed E-state index contributed by atoms with van der Waals surface area (Å²) in [5, 5.41) is 15.0. The Morgan fingerprint density at radius 1 is 1.04 bits per heavy atom. The monoisotopic (exact) mass is 325 g/mol. The summed E-state index contributed by atoms with van der Waals surface area (Å²) >= 11 is 1.52. The molecule has 3 aromatic rings. The molecule has 0 aliphatic heterocycles. The first-order valence-corrected chi connectivity index (χ1v) is 8.22. The zero-order valence-electron chi connectivity index (χ0n) is 13.2. The average molecular weight is 325 g/mol. The molecular weight excluding hydrogens is 306 g/mol. The van der Waals surface area contributed by atoms with Crippen LogP contribution in [-0.2, 0) is 6.54 Å². The highest BCUT2D eigenvalue weighted by Gasteiger charge is 2.16. The predicted octanol–water partition coefficient (Wildman–Crippen LogP) is 3.80. The number of nitrogens with zero attached hydrogens (tertiary/aromatic N) is 2. The minimum absolute atomic E-state index is 0.161. The molecular formula is C18H19N3OS. The van der Waals surface area contributed by atoms with E-state index in [1.54, 1.807) is 4.68 Å². The SMILES string of the molecule is Cc1ccc(Sc2c(C)nn(-c3ccc(CN)cc3)c2O)cc1. The molecule has 0 spiro atoms. The summed E-state index contributed by atoms with van der Waals surface area (Å²) in [5.74, 6) is 0.161. The topological polar surface area (TPSA) is 64.1 Å². The smallest absolute Gasteiger partial charge is 0.228 e. The van der Waals surface area contributed by atoms with Crippen LogP contribution < -0.4 is 5.73 Å². The highest BCUT2D eigenvalue weighted by Crippen LogP contribution is 2.38. The van der Waals surface area contributed by atoms with Crippen molar-refractivity contribution >= 4 is 11.8 Å². The van der Waals surface area contributed by atoms with Gasteiger partial charge in [0.2, 0.25) is 5.88 Å². The standard InChI is InChI=1S/C18H19N3OS/c1-12-3-9-16(10-4-12)23-17-13(2)20-21(18(17)22)15-7-5-14(11-19)6-8-15/h3-10,22H,11,19H2,1-2H3. The van der Waals surface area contributed by atoms with Gasteiger partial charge in [0.15, 0.2) is 0 Å². The second kappa shape index (κ2) is 6.48. The van der Waals surface area contributed by atoms with Crippen molar-refractivity contribution in [2.45, 2.75) is 30.2 Å². The van der Waals surface area contributed by atoms with Crippen molar-refractivity contribution in [2.75, 3.05) is 0 Å². The quantitative estimate of drug-likeness (QED) is 0.766. The fraction of sp³-hybridized carbons (Fsp3) is 0.167. The van der Waals surface area contributed by atoms with Gasteiger partial charge in [-0.1, -0.05) is 41.6 Å². The van der Waals surface area contributed by atoms with Crippen molar-refractivity contribution in [1.82, 2.24) is 9.78 Å². The van der Waals surface area contributed by atoms with Gasteiger partial charge in [0, 0.05) is 11.4 Å². The van der Waals surface area contributed by atoms with Crippen molar-refractivity contribution in [3.8, 4) is 11.6 Å². The van der Waals surface area contributed by atoms with E-state index in [2.05, 4.69) is 24.2 Å². The summed E-state index contributed by atoms with van der Waals surface area (Å²) in [6.45, 7) is 4.46. The third-order valence-corrected chi connectivity index (χ3v) is 4.83. The van der Waals surface area contributed by atoms with Crippen molar-refractivity contribution in [2.24, 2.45) is 5.73 Å². The van der Waals surface area contributed by atoms with E-state index in [0.717, 1.165) is 26.7 Å². The largest absolute Gasteiger partial charge is 0.492 e. The molecule has 0 radical (unpaired) electrons. The first-order valence-electron chi connectivity index (χ1n) is 7.41. The Morgan fingerprint density at radius 3 is 2.30 bits per heavy atom. The number of aromatic nitrogens is 2. The van der Waals surface area contributed by atoms with Crippen molar-refractivity contribution in [3.63, 3.8) is 0 Å². The number of nitrogens with two attached hydrogens (primary N) is 1. The maximum absolute atomic E-state index is 10.6. The van der Waals surface area contributed by atoms with E-state index in [-0.39, 0.29) is 5.88 Å². The Balaban J connectivity index is 1.93. The fourth-order valence-electron chi connectivity index (χ4n) is 2.30. The van der Waals surface area contributed by atoms with E-state index < -0.39 is 0 Å². The summed E-state index contributed by atoms with van der Waals surface area (Å²) in [7, 11) is 0. The highest BCUT2D eigenvalue weighted by molar-refractivity contribution is 7.99. The van der Waals surface area contributed by atoms with Crippen LogP contribution in [0.3, 0.4) is 0 Å². The van der Waals surface area contributed by atoms with Crippen molar-refractivity contribution in [1.29, 1.82) is 0 Å². The number of benzene rings is 2. The molecule has 2 aromatic carbocycles. The lowest BCUT2D eigenvalue weighted by molar-refractivity contribution is 0.423. The number of hydrogen-bond donors (Lipinski definition) is 2. The lowest BCUT2D eigenvalue weighted by Gasteiger charge is -2.05. The van der Waals surface area contributed by atoms with E-state index >= 15 is 0 Å². The van der Waals surface area contributed by atoms with Crippen LogP contribution >= 0.6 is 11.8 Å². The number of rotatable bonds is 4. The zero-order valence-corrected chi connectivity index (χ0v) is 14.0.